The number of hydrogen-bond acceptors (Lipinski definition) is 5. The molecule has 1 fully saturated rings. The molecule has 0 saturated carbocycles. The van der Waals surface area contributed by atoms with Crippen molar-refractivity contribution in [3.8, 4) is 17.3 Å². The molecule has 2 heterocycles. The Kier molecular flexibility index (Phi) is 6.49. The average Bonchev–Trinajstić information content (AvgIpc) is 3.20. The van der Waals surface area contributed by atoms with E-state index in [1.807, 2.05) is 36.5 Å². The van der Waals surface area contributed by atoms with Gasteiger partial charge in [-0.15, -0.1) is 6.58 Å². The topological polar surface area (TPSA) is 71.2 Å². The molecule has 3 atom stereocenters. The van der Waals surface area contributed by atoms with Crippen molar-refractivity contribution >= 4 is 11.7 Å². The normalized spacial score (nSPS) is 23.5. The summed E-state index contributed by atoms with van der Waals surface area (Å²) >= 11 is 0. The number of methoxy groups -OCH3 is 1. The van der Waals surface area contributed by atoms with Crippen molar-refractivity contribution in [3.63, 3.8) is 0 Å². The minimum absolute atomic E-state index is 0.0893. The van der Waals surface area contributed by atoms with Gasteiger partial charge in [-0.2, -0.15) is 10.4 Å². The largest absolute Gasteiger partial charge is 0.469 e. The standard InChI is InChI=1S/C24H29FN4O2/c1-6-7-19-12-18(23(30)31-5)13-28(24(19,4)15-26)21-14-29(16(2)3)27-22(21)17-8-10-20(25)11-9-17/h6,8-11,14,16,18-19H,1,7,12-13H2,2-5H3. The first-order chi connectivity index (χ1) is 14.7. The fraction of sp³-hybridized carbons (Fsp3) is 0.458. The van der Waals surface area contributed by atoms with Crippen molar-refractivity contribution in [1.82, 2.24) is 9.78 Å². The number of allylic oxidation sites excluding steroid dienone is 1. The molecule has 1 aromatic heterocycles. The van der Waals surface area contributed by atoms with Gasteiger partial charge in [0.1, 0.15) is 17.1 Å². The van der Waals surface area contributed by atoms with Crippen LogP contribution >= 0.6 is 0 Å². The zero-order valence-electron chi connectivity index (χ0n) is 18.5. The molecule has 1 aliphatic rings. The summed E-state index contributed by atoms with van der Waals surface area (Å²) in [5.41, 5.74) is 1.26. The molecule has 3 unspecified atom stereocenters. The molecule has 7 heteroatoms. The van der Waals surface area contributed by atoms with Crippen LogP contribution in [0.25, 0.3) is 11.3 Å². The third kappa shape index (κ3) is 4.20. The predicted octanol–water partition coefficient (Wildman–Crippen LogP) is 4.74. The summed E-state index contributed by atoms with van der Waals surface area (Å²) in [6.07, 6.45) is 4.84. The van der Waals surface area contributed by atoms with Gasteiger partial charge in [0.05, 0.1) is 24.8 Å². The van der Waals surface area contributed by atoms with Crippen molar-refractivity contribution in [1.29, 1.82) is 5.26 Å². The smallest absolute Gasteiger partial charge is 0.310 e. The van der Waals surface area contributed by atoms with Crippen molar-refractivity contribution in [2.45, 2.75) is 45.2 Å². The molecule has 1 saturated heterocycles. The van der Waals surface area contributed by atoms with Gasteiger partial charge in [0.25, 0.3) is 0 Å². The molecule has 0 N–H and O–H groups in total. The van der Waals surface area contributed by atoms with Gasteiger partial charge in [-0.05, 0) is 63.8 Å². The maximum atomic E-state index is 13.5. The van der Waals surface area contributed by atoms with Crippen LogP contribution < -0.4 is 4.90 Å². The lowest BCUT2D eigenvalue weighted by Gasteiger charge is -2.48. The second-order valence-corrected chi connectivity index (χ2v) is 8.49. The van der Waals surface area contributed by atoms with E-state index in [1.165, 1.54) is 19.2 Å². The van der Waals surface area contributed by atoms with Gasteiger partial charge >= 0.3 is 5.97 Å². The number of rotatable bonds is 6. The molecule has 6 nitrogen and oxygen atoms in total. The summed E-state index contributed by atoms with van der Waals surface area (Å²) in [5, 5.41) is 15.0. The number of nitriles is 1. The lowest BCUT2D eigenvalue weighted by Crippen LogP contribution is -2.58. The minimum atomic E-state index is -0.877. The number of ether oxygens (including phenoxy) is 1. The molecule has 31 heavy (non-hydrogen) atoms. The van der Waals surface area contributed by atoms with E-state index in [0.717, 1.165) is 11.3 Å². The first-order valence-electron chi connectivity index (χ1n) is 10.5. The van der Waals surface area contributed by atoms with Crippen molar-refractivity contribution in [2.75, 3.05) is 18.6 Å². The number of halogens is 1. The number of piperidine rings is 1. The van der Waals surface area contributed by atoms with Crippen LogP contribution in [0.1, 0.15) is 39.7 Å². The molecular weight excluding hydrogens is 395 g/mol. The Morgan fingerprint density at radius 1 is 1.45 bits per heavy atom. The SMILES string of the molecule is C=CCC1CC(C(=O)OC)CN(c2cn(C(C)C)nc2-c2ccc(F)cc2)C1(C)C#N. The van der Waals surface area contributed by atoms with Gasteiger partial charge in [-0.25, -0.2) is 4.39 Å². The first kappa shape index (κ1) is 22.5. The highest BCUT2D eigenvalue weighted by molar-refractivity contribution is 5.78. The quantitative estimate of drug-likeness (QED) is 0.495. The Hall–Kier alpha value is -3.14. The Labute approximate surface area is 182 Å². The molecule has 0 amide bonds. The lowest BCUT2D eigenvalue weighted by atomic mass is 9.72. The highest BCUT2D eigenvalue weighted by Gasteiger charge is 2.48. The van der Waals surface area contributed by atoms with Crippen molar-refractivity contribution < 1.29 is 13.9 Å². The van der Waals surface area contributed by atoms with Gasteiger partial charge in [0.15, 0.2) is 0 Å². The van der Waals surface area contributed by atoms with E-state index < -0.39 is 5.54 Å². The van der Waals surface area contributed by atoms with Gasteiger partial charge in [0.2, 0.25) is 0 Å². The van der Waals surface area contributed by atoms with Crippen LogP contribution in [0.3, 0.4) is 0 Å². The molecule has 0 aliphatic carbocycles. The number of benzene rings is 1. The summed E-state index contributed by atoms with van der Waals surface area (Å²) < 4.78 is 20.4. The number of aromatic nitrogens is 2. The molecule has 1 aliphatic heterocycles. The summed E-state index contributed by atoms with van der Waals surface area (Å²) in [6, 6.07) is 8.73. The van der Waals surface area contributed by atoms with Crippen molar-refractivity contribution in [2.24, 2.45) is 11.8 Å². The Morgan fingerprint density at radius 3 is 2.68 bits per heavy atom. The highest BCUT2D eigenvalue weighted by Crippen LogP contribution is 2.44. The van der Waals surface area contributed by atoms with Gasteiger partial charge in [-0.1, -0.05) is 6.08 Å². The molecule has 164 valence electrons. The average molecular weight is 425 g/mol. The monoisotopic (exact) mass is 424 g/mol. The van der Waals surface area contributed by atoms with E-state index in [1.54, 1.807) is 18.2 Å². The van der Waals surface area contributed by atoms with E-state index in [9.17, 15) is 14.4 Å². The number of nitrogens with zero attached hydrogens (tertiary/aromatic N) is 4. The van der Waals surface area contributed by atoms with Gasteiger partial charge in [0, 0.05) is 24.3 Å². The van der Waals surface area contributed by atoms with Crippen molar-refractivity contribution in [3.05, 3.63) is 48.9 Å². The predicted molar refractivity (Wildman–Crippen MR) is 118 cm³/mol. The maximum absolute atomic E-state index is 13.5. The number of anilines is 1. The molecular formula is C24H29FN4O2. The number of carbonyl (C=O) groups is 1. The van der Waals surface area contributed by atoms with Gasteiger partial charge in [-0.3, -0.25) is 9.48 Å². The van der Waals surface area contributed by atoms with Crippen LogP contribution in [0, 0.1) is 29.0 Å². The van der Waals surface area contributed by atoms with Crippen LogP contribution in [0.2, 0.25) is 0 Å². The number of esters is 1. The lowest BCUT2D eigenvalue weighted by molar-refractivity contribution is -0.146. The molecule has 3 rings (SSSR count). The van der Waals surface area contributed by atoms with E-state index >= 15 is 0 Å². The molecule has 0 bridgehead atoms. The Bertz CT molecular complexity index is 992. The second-order valence-electron chi connectivity index (χ2n) is 8.49. The van der Waals surface area contributed by atoms with E-state index in [2.05, 4.69) is 12.6 Å². The fourth-order valence-electron chi connectivity index (χ4n) is 4.30. The fourth-order valence-corrected chi connectivity index (χ4v) is 4.30. The van der Waals surface area contributed by atoms with Crippen LogP contribution in [0.4, 0.5) is 10.1 Å². The van der Waals surface area contributed by atoms with Crippen LogP contribution in [-0.4, -0.2) is 34.9 Å². The Balaban J connectivity index is 2.18. The summed E-state index contributed by atoms with van der Waals surface area (Å²) in [5.74, 6) is -1.11. The van der Waals surface area contributed by atoms with Gasteiger partial charge < -0.3 is 9.64 Å². The summed E-state index contributed by atoms with van der Waals surface area (Å²) in [6.45, 7) is 10.1. The molecule has 2 aromatic rings. The Morgan fingerprint density at radius 2 is 2.13 bits per heavy atom. The van der Waals surface area contributed by atoms with Crippen LogP contribution in [0.15, 0.2) is 43.1 Å². The van der Waals surface area contributed by atoms with E-state index in [4.69, 9.17) is 9.84 Å². The van der Waals surface area contributed by atoms with E-state index in [0.29, 0.717) is 25.1 Å². The zero-order valence-corrected chi connectivity index (χ0v) is 18.5. The minimum Gasteiger partial charge on any atom is -0.469 e. The maximum Gasteiger partial charge on any atom is 0.310 e. The number of carbonyl (C=O) groups excluding carboxylic acids is 1. The third-order valence-corrected chi connectivity index (χ3v) is 6.19. The molecule has 1 aromatic carbocycles. The molecule has 0 radical (unpaired) electrons. The zero-order chi connectivity index (χ0) is 22.8. The third-order valence-electron chi connectivity index (χ3n) is 6.19. The first-order valence-corrected chi connectivity index (χ1v) is 10.5. The summed E-state index contributed by atoms with van der Waals surface area (Å²) in [4.78, 5) is 14.4. The highest BCUT2D eigenvalue weighted by atomic mass is 19.1. The summed E-state index contributed by atoms with van der Waals surface area (Å²) in [7, 11) is 1.38. The molecule has 0 spiro atoms. The van der Waals surface area contributed by atoms with Crippen LogP contribution in [-0.2, 0) is 9.53 Å². The second kappa shape index (κ2) is 8.93. The number of hydrogen-bond donors (Lipinski definition) is 0. The van der Waals surface area contributed by atoms with E-state index in [-0.39, 0.29) is 29.7 Å². The van der Waals surface area contributed by atoms with Crippen LogP contribution in [0.5, 0.6) is 0 Å².